The number of nitrogens with zero attached hydrogens (tertiary/aromatic N) is 1. The average Bonchev–Trinajstić information content (AvgIpc) is 3.03. The van der Waals surface area contributed by atoms with Crippen LogP contribution in [-0.4, -0.2) is 17.5 Å². The van der Waals surface area contributed by atoms with E-state index in [4.69, 9.17) is 0 Å². The molecule has 260 valence electrons. The molecule has 5 nitrogen and oxygen atoms in total. The molecule has 0 aromatic rings. The number of rotatable bonds is 3. The molecular formula is C43H52IN2O3-. The van der Waals surface area contributed by atoms with E-state index in [9.17, 15) is 19.6 Å². The summed E-state index contributed by atoms with van der Waals surface area (Å²) < 4.78 is 4.59. The molecule has 6 aliphatic rings. The van der Waals surface area contributed by atoms with E-state index in [1.165, 1.54) is 0 Å². The Morgan fingerprint density at radius 2 is 1.49 bits per heavy atom. The number of nitrogens with one attached hydrogen (secondary N) is 1. The monoisotopic (exact) mass is 771 g/mol. The molecule has 0 saturated heterocycles. The number of carbonyl (C=O) groups is 3. The fourth-order valence-electron chi connectivity index (χ4n) is 11.1. The van der Waals surface area contributed by atoms with Crippen molar-refractivity contribution in [3.8, 4) is 6.07 Å². The predicted octanol–water partition coefficient (Wildman–Crippen LogP) is 6.00. The van der Waals surface area contributed by atoms with Gasteiger partial charge in [-0.1, -0.05) is 0 Å². The van der Waals surface area contributed by atoms with Gasteiger partial charge in [-0.3, -0.25) is 4.79 Å². The van der Waals surface area contributed by atoms with Crippen molar-refractivity contribution in [2.24, 2.45) is 50.2 Å². The molecule has 49 heavy (non-hydrogen) atoms. The topological polar surface area (TPSA) is 87.0 Å². The second-order valence-corrected chi connectivity index (χ2v) is 19.7. The first kappa shape index (κ1) is 35.8. The van der Waals surface area contributed by atoms with Crippen LogP contribution in [0.3, 0.4) is 0 Å². The van der Waals surface area contributed by atoms with Gasteiger partial charge in [0.2, 0.25) is 0 Å². The number of hydrogen-bond acceptors (Lipinski definition) is 4. The first-order valence-corrected chi connectivity index (χ1v) is 20.2. The molecule has 6 aliphatic carbocycles. The molecule has 1 unspecified atom stereocenters. The van der Waals surface area contributed by atoms with Gasteiger partial charge in [0.1, 0.15) is 0 Å². The van der Waals surface area contributed by atoms with Crippen molar-refractivity contribution in [3.63, 3.8) is 0 Å². The fourth-order valence-corrected chi connectivity index (χ4v) is 13.0. The molecule has 3 saturated carbocycles. The summed E-state index contributed by atoms with van der Waals surface area (Å²) >= 11 is -0.807. The van der Waals surface area contributed by atoms with Gasteiger partial charge in [0.15, 0.2) is 0 Å². The maximum atomic E-state index is 14.8. The van der Waals surface area contributed by atoms with Crippen LogP contribution in [0, 0.1) is 61.6 Å². The van der Waals surface area contributed by atoms with E-state index in [1.807, 2.05) is 80.7 Å². The Kier molecular flexibility index (Phi) is 9.21. The molecule has 7 atom stereocenters. The number of carbonyl (C=O) groups excluding carboxylic acids is 3. The second kappa shape index (κ2) is 12.6. The molecule has 0 radical (unpaired) electrons. The van der Waals surface area contributed by atoms with Crippen LogP contribution in [0.2, 0.25) is 0 Å². The van der Waals surface area contributed by atoms with Crippen LogP contribution in [0.25, 0.3) is 0 Å². The van der Waals surface area contributed by atoms with Crippen LogP contribution in [-0.2, 0) is 14.4 Å². The zero-order chi connectivity index (χ0) is 35.5. The van der Waals surface area contributed by atoms with Crippen LogP contribution in [0.5, 0.6) is 0 Å². The summed E-state index contributed by atoms with van der Waals surface area (Å²) in [7, 11) is 0. The Morgan fingerprint density at radius 3 is 2.16 bits per heavy atom. The van der Waals surface area contributed by atoms with Gasteiger partial charge in [-0.25, -0.2) is 0 Å². The van der Waals surface area contributed by atoms with Gasteiger partial charge in [-0.15, -0.1) is 0 Å². The fraction of sp³-hybridized carbons (Fsp3) is 0.535. The van der Waals surface area contributed by atoms with E-state index in [2.05, 4.69) is 56.4 Å². The minimum atomic E-state index is -0.807. The molecule has 0 bridgehead atoms. The van der Waals surface area contributed by atoms with Crippen LogP contribution in [0.15, 0.2) is 93.7 Å². The van der Waals surface area contributed by atoms with E-state index >= 15 is 0 Å². The molecule has 6 rings (SSSR count). The molecule has 0 aromatic heterocycles. The van der Waals surface area contributed by atoms with Crippen molar-refractivity contribution in [1.29, 1.82) is 5.26 Å². The zero-order valence-corrected chi connectivity index (χ0v) is 32.4. The zero-order valence-electron chi connectivity index (χ0n) is 30.2. The first-order chi connectivity index (χ1) is 23.1. The summed E-state index contributed by atoms with van der Waals surface area (Å²) in [5.74, 6) is -0.121. The molecule has 0 aromatic carbocycles. The van der Waals surface area contributed by atoms with Crippen molar-refractivity contribution in [1.82, 2.24) is 3.53 Å². The summed E-state index contributed by atoms with van der Waals surface area (Å²) in [4.78, 5) is 42.9. The molecule has 3 fully saturated rings. The number of Topliss-reactive ketones (excluding diaryl/α,β-unsaturated/α-hetero) is 1. The minimum absolute atomic E-state index is 0.0137. The van der Waals surface area contributed by atoms with Gasteiger partial charge >= 0.3 is 296 Å². The maximum absolute atomic E-state index is 14.8. The number of fused-ring (bicyclic) bond motifs is 7. The molecule has 0 spiro atoms. The van der Waals surface area contributed by atoms with Crippen LogP contribution in [0.1, 0.15) is 93.4 Å². The van der Waals surface area contributed by atoms with Crippen LogP contribution >= 0.6 is 0 Å². The quantitative estimate of drug-likeness (QED) is 0.282. The molecule has 1 amide bonds. The molecule has 1 N–H and O–H groups in total. The summed E-state index contributed by atoms with van der Waals surface area (Å²) in [6.45, 7) is 15.4. The average molecular weight is 772 g/mol. The predicted molar refractivity (Wildman–Crippen MR) is 191 cm³/mol. The first-order valence-electron chi connectivity index (χ1n) is 18.0. The van der Waals surface area contributed by atoms with Crippen molar-refractivity contribution >= 4 is 17.5 Å². The van der Waals surface area contributed by atoms with E-state index in [1.54, 1.807) is 0 Å². The number of ketones is 2. The normalized spacial score (nSPS) is 43.4. The van der Waals surface area contributed by atoms with Gasteiger partial charge in [0.05, 0.1) is 0 Å². The second-order valence-electron chi connectivity index (χ2n) is 17.4. The van der Waals surface area contributed by atoms with Crippen LogP contribution < -0.4 is 25.0 Å². The Bertz CT molecular complexity index is 1740. The van der Waals surface area contributed by atoms with E-state index < -0.39 is 37.7 Å². The summed E-state index contributed by atoms with van der Waals surface area (Å²) in [6, 6.07) is 2.21. The summed E-state index contributed by atoms with van der Waals surface area (Å²) in [5, 5.41) is 10.0. The Labute approximate surface area is 304 Å². The summed E-state index contributed by atoms with van der Waals surface area (Å²) in [5.41, 5.74) is -1.12. The van der Waals surface area contributed by atoms with Gasteiger partial charge in [0, 0.05) is 0 Å². The SMILES string of the molecule is CC1(C)CCC2(C(=O)N[I-]C3=C/C=C\C=C/C=C\C=C/C=C\3)CC[C@]3(C)[C@H](C(=O)C=C4[C@@]5(C)C=C(C#N)C(=O)C(C)(C)[C@@H]5CC[C@]43C)[C@@H]2C1. The number of amides is 1. The Morgan fingerprint density at radius 1 is 0.857 bits per heavy atom. The van der Waals surface area contributed by atoms with E-state index in [-0.39, 0.29) is 57.0 Å². The summed E-state index contributed by atoms with van der Waals surface area (Å²) in [6.07, 6.45) is 32.0. The van der Waals surface area contributed by atoms with Crippen molar-refractivity contribution in [2.75, 3.05) is 0 Å². The third-order valence-electron chi connectivity index (χ3n) is 14.0. The van der Waals surface area contributed by atoms with Crippen molar-refractivity contribution < 1.29 is 35.9 Å². The van der Waals surface area contributed by atoms with Gasteiger partial charge in [-0.05, 0) is 0 Å². The van der Waals surface area contributed by atoms with Gasteiger partial charge < -0.3 is 0 Å². The van der Waals surface area contributed by atoms with E-state index in [0.717, 1.165) is 54.1 Å². The third kappa shape index (κ3) is 5.67. The molecule has 6 heteroatoms. The number of nitriles is 1. The van der Waals surface area contributed by atoms with Crippen LogP contribution in [0.4, 0.5) is 0 Å². The Balaban J connectivity index is 1.37. The number of hydrogen-bond donors (Lipinski definition) is 1. The number of halogens is 1. The standard InChI is InChI=1S/C43H52IN2O3/c1-38(2)21-23-43(37(49)46-44-30-17-15-13-11-9-8-10-12-14-16-18-30)24-22-42(7)35(31(43)27-38)32(47)25-34-40(5)26-29(28-45)36(48)39(3,4)33(40)19-20-41(34,42)6/h8-18,25-26,31,33,35H,19-24,27H2,1-7H3,(H,46,49)/q-1/b9-8-,10-8?,11-9?,12-10-,13-11-,14-12?,15-13?,16-14-,17-15-,18-16?,30-17?,30-18+/t31-,33-,35-,40-,41+,42+,43?/m0/s1. The number of allylic oxidation sites excluding steroid dienone is 16. The van der Waals surface area contributed by atoms with Crippen molar-refractivity contribution in [2.45, 2.75) is 93.4 Å². The third-order valence-corrected chi connectivity index (χ3v) is 16.1. The van der Waals surface area contributed by atoms with Gasteiger partial charge in [0.25, 0.3) is 0 Å². The molecule has 0 heterocycles. The van der Waals surface area contributed by atoms with Gasteiger partial charge in [-0.2, -0.15) is 5.26 Å². The van der Waals surface area contributed by atoms with Crippen molar-refractivity contribution in [3.05, 3.63) is 93.7 Å². The Hall–Kier alpha value is -3.05. The van der Waals surface area contributed by atoms with E-state index in [0.29, 0.717) is 0 Å². The molecular weight excluding hydrogens is 719 g/mol. The molecule has 0 aliphatic heterocycles.